The molecule has 1 aromatic rings. The Hall–Kier alpha value is -1.96. The molecule has 1 heterocycles. The monoisotopic (exact) mass is 345 g/mol. The highest BCUT2D eigenvalue weighted by atomic mass is 19.4. The largest absolute Gasteiger partial charge is 0.484 e. The number of guanidine groups is 1. The van der Waals surface area contributed by atoms with Crippen LogP contribution in [0.4, 0.5) is 13.2 Å². The van der Waals surface area contributed by atoms with Crippen LogP contribution in [0.3, 0.4) is 0 Å². The molecule has 2 rings (SSSR count). The van der Waals surface area contributed by atoms with E-state index in [0.717, 1.165) is 12.1 Å². The van der Waals surface area contributed by atoms with Crippen molar-refractivity contribution in [1.82, 2.24) is 10.2 Å². The molecule has 1 aromatic carbocycles. The summed E-state index contributed by atoms with van der Waals surface area (Å²) in [7, 11) is 0. The van der Waals surface area contributed by atoms with Crippen LogP contribution in [0.15, 0.2) is 29.3 Å². The van der Waals surface area contributed by atoms with E-state index in [4.69, 9.17) is 4.74 Å². The van der Waals surface area contributed by atoms with Crippen molar-refractivity contribution in [3.05, 3.63) is 29.8 Å². The highest BCUT2D eigenvalue weighted by Gasteiger charge is 2.28. The maximum atomic E-state index is 12.2. The topological polar surface area (TPSA) is 57.1 Å². The van der Waals surface area contributed by atoms with Gasteiger partial charge in [-0.3, -0.25) is 0 Å². The van der Waals surface area contributed by atoms with Gasteiger partial charge >= 0.3 is 6.18 Å². The van der Waals surface area contributed by atoms with Crippen LogP contribution in [-0.2, 0) is 6.54 Å². The fraction of sp³-hybridized carbons (Fsp3) is 0.562. The molecule has 0 saturated carbocycles. The molecule has 8 heteroatoms. The molecule has 134 valence electrons. The molecule has 0 spiro atoms. The number of likely N-dealkylation sites (tertiary alicyclic amines) is 1. The molecule has 24 heavy (non-hydrogen) atoms. The number of alkyl halides is 3. The predicted octanol–water partition coefficient (Wildman–Crippen LogP) is 2.16. The molecule has 0 radical (unpaired) electrons. The summed E-state index contributed by atoms with van der Waals surface area (Å²) in [5.41, 5.74) is 0.754. The third kappa shape index (κ3) is 5.92. The van der Waals surface area contributed by atoms with Gasteiger partial charge in [0.1, 0.15) is 5.75 Å². The van der Waals surface area contributed by atoms with Gasteiger partial charge in [-0.05, 0) is 31.0 Å². The zero-order valence-corrected chi connectivity index (χ0v) is 13.5. The number of hydrogen-bond donors (Lipinski definition) is 2. The third-order valence-electron chi connectivity index (χ3n) is 3.51. The van der Waals surface area contributed by atoms with Crippen molar-refractivity contribution in [3.63, 3.8) is 0 Å². The number of rotatable bonds is 5. The number of nitrogens with zero attached hydrogens (tertiary/aromatic N) is 2. The molecular weight excluding hydrogens is 323 g/mol. The summed E-state index contributed by atoms with van der Waals surface area (Å²) in [4.78, 5) is 6.46. The normalized spacial score (nSPS) is 18.8. The van der Waals surface area contributed by atoms with Crippen LogP contribution in [0.5, 0.6) is 5.75 Å². The van der Waals surface area contributed by atoms with Crippen molar-refractivity contribution in [1.29, 1.82) is 0 Å². The summed E-state index contributed by atoms with van der Waals surface area (Å²) in [6, 6.07) is 6.47. The molecule has 0 aliphatic carbocycles. The lowest BCUT2D eigenvalue weighted by molar-refractivity contribution is -0.153. The lowest BCUT2D eigenvalue weighted by Crippen LogP contribution is -2.40. The highest BCUT2D eigenvalue weighted by Crippen LogP contribution is 2.20. The second kappa shape index (κ2) is 8.23. The average molecular weight is 345 g/mol. The lowest BCUT2D eigenvalue weighted by Gasteiger charge is -2.21. The number of benzene rings is 1. The number of aliphatic imine (C=N–C) groups is 1. The third-order valence-corrected chi connectivity index (χ3v) is 3.51. The van der Waals surface area contributed by atoms with Crippen molar-refractivity contribution in [2.45, 2.75) is 32.2 Å². The molecule has 1 saturated heterocycles. The standard InChI is InChI=1S/C16H22F3N3O2/c1-2-20-15(22-7-6-13(23)10-22)21-9-12-4-3-5-14(8-12)24-11-16(17,18)19/h3-5,8,13,23H,2,6-7,9-11H2,1H3,(H,20,21)/t13-/m1/s1. The van der Waals surface area contributed by atoms with E-state index in [9.17, 15) is 18.3 Å². The van der Waals surface area contributed by atoms with E-state index < -0.39 is 12.8 Å². The smallest absolute Gasteiger partial charge is 0.422 e. The maximum Gasteiger partial charge on any atom is 0.422 e. The number of aliphatic hydroxyl groups excluding tert-OH is 1. The van der Waals surface area contributed by atoms with Crippen LogP contribution < -0.4 is 10.1 Å². The van der Waals surface area contributed by atoms with Gasteiger partial charge in [0, 0.05) is 19.6 Å². The van der Waals surface area contributed by atoms with E-state index >= 15 is 0 Å². The summed E-state index contributed by atoms with van der Waals surface area (Å²) >= 11 is 0. The van der Waals surface area contributed by atoms with Crippen LogP contribution in [0.1, 0.15) is 18.9 Å². The van der Waals surface area contributed by atoms with Crippen molar-refractivity contribution in [3.8, 4) is 5.75 Å². The van der Waals surface area contributed by atoms with E-state index in [2.05, 4.69) is 10.3 Å². The Morgan fingerprint density at radius 3 is 2.88 bits per heavy atom. The van der Waals surface area contributed by atoms with Crippen LogP contribution >= 0.6 is 0 Å². The first-order valence-corrected chi connectivity index (χ1v) is 7.87. The number of ether oxygens (including phenoxy) is 1. The van der Waals surface area contributed by atoms with Gasteiger partial charge in [0.25, 0.3) is 0 Å². The summed E-state index contributed by atoms with van der Waals surface area (Å²) in [5.74, 6) is 0.859. The summed E-state index contributed by atoms with van der Waals surface area (Å²) in [6.45, 7) is 2.91. The molecule has 2 N–H and O–H groups in total. The number of β-amino-alcohol motifs (C(OH)–C–C–N with tert-alkyl or cyclic N) is 1. The second-order valence-electron chi connectivity index (χ2n) is 5.61. The molecule has 0 unspecified atom stereocenters. The molecule has 1 aliphatic rings. The van der Waals surface area contributed by atoms with E-state index in [1.54, 1.807) is 18.2 Å². The number of nitrogens with one attached hydrogen (secondary N) is 1. The van der Waals surface area contributed by atoms with Crippen LogP contribution in [0.25, 0.3) is 0 Å². The Kier molecular flexibility index (Phi) is 6.30. The van der Waals surface area contributed by atoms with Crippen molar-refractivity contribution in [2.75, 3.05) is 26.2 Å². The van der Waals surface area contributed by atoms with E-state index in [1.165, 1.54) is 6.07 Å². The van der Waals surface area contributed by atoms with Gasteiger partial charge in [-0.1, -0.05) is 12.1 Å². The molecule has 5 nitrogen and oxygen atoms in total. The molecular formula is C16H22F3N3O2. The minimum atomic E-state index is -4.36. The Morgan fingerprint density at radius 2 is 2.25 bits per heavy atom. The number of aliphatic hydroxyl groups is 1. The fourth-order valence-corrected chi connectivity index (χ4v) is 2.42. The molecule has 1 atom stereocenters. The van der Waals surface area contributed by atoms with Crippen LogP contribution in [-0.4, -0.2) is 54.5 Å². The molecule has 0 amide bonds. The maximum absolute atomic E-state index is 12.2. The van der Waals surface area contributed by atoms with Crippen molar-refractivity contribution >= 4 is 5.96 Å². The van der Waals surface area contributed by atoms with Crippen LogP contribution in [0.2, 0.25) is 0 Å². The first-order valence-electron chi connectivity index (χ1n) is 7.87. The quantitative estimate of drug-likeness (QED) is 0.634. The summed E-state index contributed by atoms with van der Waals surface area (Å²) < 4.78 is 41.4. The Balaban J connectivity index is 2.00. The first-order chi connectivity index (χ1) is 11.4. The van der Waals surface area contributed by atoms with Gasteiger partial charge < -0.3 is 20.1 Å². The fourth-order valence-electron chi connectivity index (χ4n) is 2.42. The van der Waals surface area contributed by atoms with E-state index in [1.807, 2.05) is 11.8 Å². The van der Waals surface area contributed by atoms with Crippen LogP contribution in [0, 0.1) is 0 Å². The molecule has 1 aliphatic heterocycles. The van der Waals surface area contributed by atoms with Gasteiger partial charge in [-0.15, -0.1) is 0 Å². The Bertz CT molecular complexity index is 564. The minimum Gasteiger partial charge on any atom is -0.484 e. The Labute approximate surface area is 139 Å². The minimum absolute atomic E-state index is 0.168. The van der Waals surface area contributed by atoms with E-state index in [0.29, 0.717) is 32.0 Å². The number of hydrogen-bond acceptors (Lipinski definition) is 3. The predicted molar refractivity (Wildman–Crippen MR) is 85.0 cm³/mol. The molecule has 1 fully saturated rings. The average Bonchev–Trinajstić information content (AvgIpc) is 2.95. The summed E-state index contributed by atoms with van der Waals surface area (Å²) in [6.07, 6.45) is -4.01. The van der Waals surface area contributed by atoms with E-state index in [-0.39, 0.29) is 11.9 Å². The first kappa shape index (κ1) is 18.4. The highest BCUT2D eigenvalue weighted by molar-refractivity contribution is 5.80. The van der Waals surface area contributed by atoms with Crippen molar-refractivity contribution < 1.29 is 23.0 Å². The second-order valence-corrected chi connectivity index (χ2v) is 5.61. The van der Waals surface area contributed by atoms with Crippen molar-refractivity contribution in [2.24, 2.45) is 4.99 Å². The van der Waals surface area contributed by atoms with Gasteiger partial charge in [0.15, 0.2) is 12.6 Å². The van der Waals surface area contributed by atoms with Gasteiger partial charge in [-0.2, -0.15) is 13.2 Å². The molecule has 0 bridgehead atoms. The van der Waals surface area contributed by atoms with Gasteiger partial charge in [0.05, 0.1) is 12.6 Å². The lowest BCUT2D eigenvalue weighted by atomic mass is 10.2. The van der Waals surface area contributed by atoms with Gasteiger partial charge in [0.2, 0.25) is 0 Å². The Morgan fingerprint density at radius 1 is 1.46 bits per heavy atom. The zero-order chi connectivity index (χ0) is 17.6. The number of halogens is 3. The zero-order valence-electron chi connectivity index (χ0n) is 13.5. The summed E-state index contributed by atoms with van der Waals surface area (Å²) in [5, 5.41) is 12.8. The SMILES string of the molecule is CCNC(=NCc1cccc(OCC(F)(F)F)c1)N1CC[C@@H](O)C1. The molecule has 0 aromatic heterocycles. The van der Waals surface area contributed by atoms with Gasteiger partial charge in [-0.25, -0.2) is 4.99 Å².